The number of hydrogen-bond donors (Lipinski definition) is 0. The lowest BCUT2D eigenvalue weighted by Gasteiger charge is -2.33. The molecular formula is C58H47N. The van der Waals surface area contributed by atoms with Gasteiger partial charge in [-0.3, -0.25) is 0 Å². The standard InChI is InChI=1S/C58H47N/c1-37-14-3-4-16-44(37)45-32-31-43(34-38(45)2)59-55-25-12-8-19-48(55)50-36-41(30-33-56(50)59)40-28-26-39(27-29-40)35-42-15-13-24-54-57(42)49-20-7-11-23-53(49)58(54)51-21-9-5-17-46(51)47-18-6-10-22-52(47)58/h3-9,11-21,23-24,26-34,36-37,44,55H,10,22,25,35H2,1-2H3. The largest absolute Gasteiger partial charge is 0.333 e. The van der Waals surface area contributed by atoms with Gasteiger partial charge in [0.2, 0.25) is 0 Å². The zero-order valence-corrected chi connectivity index (χ0v) is 33.8. The van der Waals surface area contributed by atoms with Crippen LogP contribution in [0.4, 0.5) is 11.4 Å². The number of anilines is 2. The molecule has 0 N–H and O–H groups in total. The maximum Gasteiger partial charge on any atom is 0.0688 e. The van der Waals surface area contributed by atoms with Gasteiger partial charge in [-0.1, -0.05) is 165 Å². The molecule has 0 bridgehead atoms. The molecule has 1 nitrogen and oxygen atoms in total. The number of aryl methyl sites for hydroxylation is 1. The fraction of sp³-hybridized carbons (Fsp3) is 0.172. The molecule has 0 saturated carbocycles. The van der Waals surface area contributed by atoms with Crippen molar-refractivity contribution in [3.05, 3.63) is 238 Å². The third-order valence-electron chi connectivity index (χ3n) is 14.4. The second-order valence-corrected chi connectivity index (χ2v) is 17.5. The molecule has 284 valence electrons. The average Bonchev–Trinajstić information content (AvgIpc) is 3.89. The minimum Gasteiger partial charge on any atom is -0.333 e. The van der Waals surface area contributed by atoms with Crippen molar-refractivity contribution in [2.45, 2.75) is 56.9 Å². The van der Waals surface area contributed by atoms with Crippen LogP contribution < -0.4 is 4.90 Å². The van der Waals surface area contributed by atoms with Gasteiger partial charge in [-0.05, 0) is 146 Å². The molecular weight excluding hydrogens is 711 g/mol. The van der Waals surface area contributed by atoms with Gasteiger partial charge in [0.15, 0.2) is 0 Å². The molecule has 0 saturated heterocycles. The number of benzene rings is 6. The quantitative estimate of drug-likeness (QED) is 0.169. The van der Waals surface area contributed by atoms with Crippen molar-refractivity contribution in [3.8, 4) is 22.3 Å². The highest BCUT2D eigenvalue weighted by molar-refractivity contribution is 5.98. The van der Waals surface area contributed by atoms with E-state index in [1.54, 1.807) is 5.57 Å². The summed E-state index contributed by atoms with van der Waals surface area (Å²) < 4.78 is 0. The molecule has 0 radical (unpaired) electrons. The van der Waals surface area contributed by atoms with Crippen molar-refractivity contribution in [3.63, 3.8) is 0 Å². The molecule has 5 aliphatic carbocycles. The molecule has 12 rings (SSSR count). The number of allylic oxidation sites excluding steroid dienone is 10. The minimum atomic E-state index is -0.223. The molecule has 1 spiro atoms. The van der Waals surface area contributed by atoms with E-state index in [0.717, 1.165) is 25.7 Å². The van der Waals surface area contributed by atoms with Crippen LogP contribution in [0.5, 0.6) is 0 Å². The summed E-state index contributed by atoms with van der Waals surface area (Å²) >= 11 is 0. The summed E-state index contributed by atoms with van der Waals surface area (Å²) in [6, 6.07) is 49.5. The van der Waals surface area contributed by atoms with Crippen LogP contribution in [0.25, 0.3) is 33.4 Å². The summed E-state index contributed by atoms with van der Waals surface area (Å²) in [5, 5.41) is 0. The molecule has 6 aromatic rings. The van der Waals surface area contributed by atoms with Gasteiger partial charge >= 0.3 is 0 Å². The second kappa shape index (κ2) is 13.3. The van der Waals surface area contributed by atoms with E-state index < -0.39 is 0 Å². The SMILES string of the molecule is Cc1cc(N2c3ccc(-c4ccc(Cc5cccc6c5-c5ccccc5C65C6=C(C=CCC6)c6ccccc65)cc4)cc3C3=CC=CCC32)ccc1C1C=CC=CC1C. The summed E-state index contributed by atoms with van der Waals surface area (Å²) in [6.07, 6.45) is 24.8. The van der Waals surface area contributed by atoms with Crippen LogP contribution in [0.3, 0.4) is 0 Å². The van der Waals surface area contributed by atoms with Crippen molar-refractivity contribution in [2.75, 3.05) is 4.90 Å². The molecule has 0 amide bonds. The maximum absolute atomic E-state index is 2.58. The van der Waals surface area contributed by atoms with Gasteiger partial charge in [-0.25, -0.2) is 0 Å². The van der Waals surface area contributed by atoms with E-state index in [9.17, 15) is 0 Å². The summed E-state index contributed by atoms with van der Waals surface area (Å²) in [6.45, 7) is 4.61. The van der Waals surface area contributed by atoms with E-state index in [0.29, 0.717) is 17.9 Å². The Morgan fingerprint density at radius 3 is 2.31 bits per heavy atom. The van der Waals surface area contributed by atoms with Crippen LogP contribution in [-0.2, 0) is 11.8 Å². The molecule has 4 unspecified atom stereocenters. The van der Waals surface area contributed by atoms with Crippen molar-refractivity contribution < 1.29 is 0 Å². The van der Waals surface area contributed by atoms with E-state index >= 15 is 0 Å². The smallest absolute Gasteiger partial charge is 0.0688 e. The normalized spacial score (nSPS) is 22.6. The zero-order valence-electron chi connectivity index (χ0n) is 33.8. The first-order chi connectivity index (χ1) is 29.1. The topological polar surface area (TPSA) is 3.24 Å². The molecule has 1 heterocycles. The molecule has 0 aromatic heterocycles. The Kier molecular flexibility index (Phi) is 7.80. The summed E-state index contributed by atoms with van der Waals surface area (Å²) in [7, 11) is 0. The highest BCUT2D eigenvalue weighted by atomic mass is 15.2. The van der Waals surface area contributed by atoms with E-state index in [1.165, 1.54) is 94.8 Å². The zero-order chi connectivity index (χ0) is 39.2. The lowest BCUT2D eigenvalue weighted by molar-refractivity contribution is 0.632. The Hall–Kier alpha value is -6.44. The van der Waals surface area contributed by atoms with Gasteiger partial charge in [0, 0.05) is 22.9 Å². The molecule has 1 aliphatic heterocycles. The van der Waals surface area contributed by atoms with Gasteiger partial charge in [0.1, 0.15) is 0 Å². The molecule has 0 fully saturated rings. The van der Waals surface area contributed by atoms with Crippen LogP contribution in [-0.4, -0.2) is 6.04 Å². The minimum absolute atomic E-state index is 0.223. The van der Waals surface area contributed by atoms with Crippen molar-refractivity contribution >= 4 is 22.5 Å². The first kappa shape index (κ1) is 34.6. The molecule has 1 heteroatoms. The third kappa shape index (κ3) is 5.04. The van der Waals surface area contributed by atoms with E-state index in [2.05, 4.69) is 201 Å². The molecule has 59 heavy (non-hydrogen) atoms. The summed E-state index contributed by atoms with van der Waals surface area (Å²) in [5.41, 5.74) is 24.8. The van der Waals surface area contributed by atoms with Crippen molar-refractivity contribution in [1.29, 1.82) is 0 Å². The Bertz CT molecular complexity index is 2920. The Labute approximate surface area is 348 Å². The van der Waals surface area contributed by atoms with Gasteiger partial charge in [0.25, 0.3) is 0 Å². The van der Waals surface area contributed by atoms with E-state index in [1.807, 2.05) is 0 Å². The number of nitrogens with zero attached hydrogens (tertiary/aromatic N) is 1. The fourth-order valence-corrected chi connectivity index (χ4v) is 11.8. The van der Waals surface area contributed by atoms with E-state index in [4.69, 9.17) is 0 Å². The van der Waals surface area contributed by atoms with Gasteiger partial charge in [0.05, 0.1) is 11.5 Å². The predicted octanol–water partition coefficient (Wildman–Crippen LogP) is 14.4. The van der Waals surface area contributed by atoms with Gasteiger partial charge < -0.3 is 4.90 Å². The van der Waals surface area contributed by atoms with Gasteiger partial charge in [-0.15, -0.1) is 0 Å². The predicted molar refractivity (Wildman–Crippen MR) is 247 cm³/mol. The summed E-state index contributed by atoms with van der Waals surface area (Å²) in [5.74, 6) is 0.928. The molecule has 6 aromatic carbocycles. The van der Waals surface area contributed by atoms with Crippen LogP contribution in [0.1, 0.15) is 82.2 Å². The molecule has 6 aliphatic rings. The molecule has 4 atom stereocenters. The first-order valence-corrected chi connectivity index (χ1v) is 21.7. The monoisotopic (exact) mass is 757 g/mol. The lowest BCUT2D eigenvalue weighted by Crippen LogP contribution is -2.27. The highest BCUT2D eigenvalue weighted by Gasteiger charge is 2.52. The highest BCUT2D eigenvalue weighted by Crippen LogP contribution is 2.64. The van der Waals surface area contributed by atoms with Crippen LogP contribution >= 0.6 is 0 Å². The maximum atomic E-state index is 2.58. The summed E-state index contributed by atoms with van der Waals surface area (Å²) in [4.78, 5) is 2.58. The van der Waals surface area contributed by atoms with Crippen LogP contribution in [0.15, 0.2) is 188 Å². The van der Waals surface area contributed by atoms with Gasteiger partial charge in [-0.2, -0.15) is 0 Å². The van der Waals surface area contributed by atoms with E-state index in [-0.39, 0.29) is 5.41 Å². The third-order valence-corrected chi connectivity index (χ3v) is 14.4. The Morgan fingerprint density at radius 1 is 0.678 bits per heavy atom. The van der Waals surface area contributed by atoms with Crippen LogP contribution in [0, 0.1) is 12.8 Å². The van der Waals surface area contributed by atoms with Crippen molar-refractivity contribution in [1.82, 2.24) is 0 Å². The van der Waals surface area contributed by atoms with Crippen molar-refractivity contribution in [2.24, 2.45) is 5.92 Å². The number of hydrogen-bond acceptors (Lipinski definition) is 1. The second-order valence-electron chi connectivity index (χ2n) is 17.5. The number of fused-ring (bicyclic) bond motifs is 12. The Balaban J connectivity index is 0.874. The first-order valence-electron chi connectivity index (χ1n) is 21.7. The average molecular weight is 758 g/mol. The Morgan fingerprint density at radius 2 is 1.46 bits per heavy atom. The van der Waals surface area contributed by atoms with Crippen LogP contribution in [0.2, 0.25) is 0 Å². The number of rotatable bonds is 5. The lowest BCUT2D eigenvalue weighted by atomic mass is 9.68. The fourth-order valence-electron chi connectivity index (χ4n) is 11.8.